The molecule has 1 fully saturated rings. The molecule has 0 aromatic rings. The summed E-state index contributed by atoms with van der Waals surface area (Å²) in [5.41, 5.74) is -0.741. The molecule has 0 bridgehead atoms. The van der Waals surface area contributed by atoms with E-state index in [1.807, 2.05) is 20.8 Å². The summed E-state index contributed by atoms with van der Waals surface area (Å²) < 4.78 is 0. The molecule has 1 rings (SSSR count). The van der Waals surface area contributed by atoms with E-state index in [1.54, 1.807) is 18.7 Å². The Bertz CT molecular complexity index is 297. The third-order valence-corrected chi connectivity index (χ3v) is 3.09. The van der Waals surface area contributed by atoms with E-state index in [-0.39, 0.29) is 23.9 Å². The van der Waals surface area contributed by atoms with Crippen LogP contribution in [0.15, 0.2) is 0 Å². The topological polar surface area (TPSA) is 49.4 Å². The van der Waals surface area contributed by atoms with Gasteiger partial charge in [-0.3, -0.25) is 9.59 Å². The minimum Gasteiger partial charge on any atom is -0.342 e. The minimum atomic E-state index is -0.741. The molecule has 1 N–H and O–H groups in total. The highest BCUT2D eigenvalue weighted by atomic mass is 16.2. The summed E-state index contributed by atoms with van der Waals surface area (Å²) in [4.78, 5) is 25.9. The zero-order valence-electron chi connectivity index (χ0n) is 10.8. The van der Waals surface area contributed by atoms with Crippen LogP contribution in [-0.4, -0.2) is 34.3 Å². The lowest BCUT2D eigenvalue weighted by atomic mass is 9.92. The number of hydrogen-bond donors (Lipinski definition) is 1. The van der Waals surface area contributed by atoms with E-state index >= 15 is 0 Å². The van der Waals surface area contributed by atoms with Crippen LogP contribution in [0.2, 0.25) is 0 Å². The fourth-order valence-corrected chi connectivity index (χ4v) is 2.33. The second-order valence-corrected chi connectivity index (χ2v) is 5.18. The van der Waals surface area contributed by atoms with Gasteiger partial charge in [-0.25, -0.2) is 0 Å². The number of nitrogens with zero attached hydrogens (tertiary/aromatic N) is 1. The Morgan fingerprint density at radius 1 is 1.38 bits per heavy atom. The van der Waals surface area contributed by atoms with Crippen LogP contribution in [0.3, 0.4) is 0 Å². The predicted molar refractivity (Wildman–Crippen MR) is 62.9 cm³/mol. The van der Waals surface area contributed by atoms with Crippen LogP contribution in [0.1, 0.15) is 47.5 Å². The van der Waals surface area contributed by atoms with Gasteiger partial charge in [0.25, 0.3) is 0 Å². The molecule has 4 heteroatoms. The molecule has 0 spiro atoms. The molecule has 0 aromatic carbocycles. The molecular weight excluding hydrogens is 204 g/mol. The molecule has 0 aliphatic carbocycles. The fraction of sp³-hybridized carbons (Fsp3) is 0.833. The van der Waals surface area contributed by atoms with Crippen molar-refractivity contribution in [3.8, 4) is 0 Å². The van der Waals surface area contributed by atoms with Crippen molar-refractivity contribution in [2.24, 2.45) is 0 Å². The molecule has 1 aliphatic rings. The first-order valence-electron chi connectivity index (χ1n) is 5.96. The lowest BCUT2D eigenvalue weighted by Crippen LogP contribution is -2.69. The first-order valence-corrected chi connectivity index (χ1v) is 5.96. The predicted octanol–water partition coefficient (Wildman–Crippen LogP) is 1.30. The molecule has 1 heterocycles. The molecule has 16 heavy (non-hydrogen) atoms. The second kappa shape index (κ2) is 4.44. The smallest absolute Gasteiger partial charge is 0.246 e. The zero-order valence-corrected chi connectivity index (χ0v) is 10.8. The number of piperazine rings is 1. The van der Waals surface area contributed by atoms with Gasteiger partial charge in [0.1, 0.15) is 11.6 Å². The van der Waals surface area contributed by atoms with Gasteiger partial charge in [-0.05, 0) is 34.1 Å². The van der Waals surface area contributed by atoms with Crippen molar-refractivity contribution in [1.82, 2.24) is 10.2 Å². The number of hydrogen-bond acceptors (Lipinski definition) is 2. The zero-order chi connectivity index (χ0) is 12.5. The van der Waals surface area contributed by atoms with Gasteiger partial charge in [-0.15, -0.1) is 0 Å². The number of rotatable bonds is 3. The molecule has 0 aromatic heterocycles. The summed E-state index contributed by atoms with van der Waals surface area (Å²) in [6.07, 6.45) is 1.60. The molecule has 1 saturated heterocycles. The number of carbonyl (C=O) groups is 2. The Kier molecular flexibility index (Phi) is 3.61. The highest BCUT2D eigenvalue weighted by molar-refractivity contribution is 5.99. The van der Waals surface area contributed by atoms with Crippen molar-refractivity contribution >= 4 is 11.8 Å². The Morgan fingerprint density at radius 3 is 2.38 bits per heavy atom. The van der Waals surface area contributed by atoms with Crippen LogP contribution in [-0.2, 0) is 9.59 Å². The molecule has 1 aliphatic heterocycles. The van der Waals surface area contributed by atoms with E-state index in [0.29, 0.717) is 6.42 Å². The summed E-state index contributed by atoms with van der Waals surface area (Å²) in [5, 5.41) is 2.81. The lowest BCUT2D eigenvalue weighted by molar-refractivity contribution is -0.157. The summed E-state index contributed by atoms with van der Waals surface area (Å²) in [6.45, 7) is 9.49. The van der Waals surface area contributed by atoms with Gasteiger partial charge in [0.2, 0.25) is 11.8 Å². The third kappa shape index (κ3) is 2.06. The SMILES string of the molecule is CCCC1NC(=O)C(C)(C)N(C(C)C)C1=O. The normalized spacial score (nSPS) is 24.9. The third-order valence-electron chi connectivity index (χ3n) is 3.09. The van der Waals surface area contributed by atoms with E-state index in [0.717, 1.165) is 6.42 Å². The van der Waals surface area contributed by atoms with Gasteiger partial charge < -0.3 is 10.2 Å². The van der Waals surface area contributed by atoms with Crippen LogP contribution in [0.25, 0.3) is 0 Å². The van der Waals surface area contributed by atoms with E-state index < -0.39 is 5.54 Å². The largest absolute Gasteiger partial charge is 0.342 e. The maximum Gasteiger partial charge on any atom is 0.246 e. The number of carbonyl (C=O) groups excluding carboxylic acids is 2. The molecule has 92 valence electrons. The van der Waals surface area contributed by atoms with Gasteiger partial charge in [0.05, 0.1) is 0 Å². The highest BCUT2D eigenvalue weighted by Gasteiger charge is 2.46. The molecular formula is C12H22N2O2. The van der Waals surface area contributed by atoms with Gasteiger partial charge in [-0.1, -0.05) is 13.3 Å². The molecule has 4 nitrogen and oxygen atoms in total. The van der Waals surface area contributed by atoms with Crippen molar-refractivity contribution in [1.29, 1.82) is 0 Å². The van der Waals surface area contributed by atoms with E-state index in [1.165, 1.54) is 0 Å². The van der Waals surface area contributed by atoms with Gasteiger partial charge in [0.15, 0.2) is 0 Å². The van der Waals surface area contributed by atoms with Gasteiger partial charge in [0, 0.05) is 6.04 Å². The molecule has 0 saturated carbocycles. The Morgan fingerprint density at radius 2 is 1.94 bits per heavy atom. The first-order chi connectivity index (χ1) is 7.32. The maximum atomic E-state index is 12.2. The molecule has 1 unspecified atom stereocenters. The summed E-state index contributed by atoms with van der Waals surface area (Å²) in [5.74, 6) is -0.0132. The van der Waals surface area contributed by atoms with E-state index in [2.05, 4.69) is 5.32 Å². The standard InChI is InChI=1S/C12H22N2O2/c1-6-7-9-10(15)14(8(2)3)12(4,5)11(16)13-9/h8-9H,6-7H2,1-5H3,(H,13,16). The maximum absolute atomic E-state index is 12.2. The van der Waals surface area contributed by atoms with Crippen LogP contribution in [0.5, 0.6) is 0 Å². The second-order valence-electron chi connectivity index (χ2n) is 5.18. The first kappa shape index (κ1) is 13.0. The summed E-state index contributed by atoms with van der Waals surface area (Å²) in [7, 11) is 0. The summed E-state index contributed by atoms with van der Waals surface area (Å²) >= 11 is 0. The van der Waals surface area contributed by atoms with Crippen molar-refractivity contribution < 1.29 is 9.59 Å². The van der Waals surface area contributed by atoms with Gasteiger partial charge >= 0.3 is 0 Å². The number of nitrogens with one attached hydrogen (secondary N) is 1. The van der Waals surface area contributed by atoms with Crippen molar-refractivity contribution in [3.05, 3.63) is 0 Å². The minimum absolute atomic E-state index is 0.0430. The van der Waals surface area contributed by atoms with Crippen LogP contribution >= 0.6 is 0 Å². The molecule has 2 amide bonds. The molecule has 1 atom stereocenters. The Hall–Kier alpha value is -1.06. The molecule has 0 radical (unpaired) electrons. The van der Waals surface area contributed by atoms with Crippen LogP contribution in [0.4, 0.5) is 0 Å². The van der Waals surface area contributed by atoms with Gasteiger partial charge in [-0.2, -0.15) is 0 Å². The lowest BCUT2D eigenvalue weighted by Gasteiger charge is -2.46. The monoisotopic (exact) mass is 226 g/mol. The highest BCUT2D eigenvalue weighted by Crippen LogP contribution is 2.24. The Balaban J connectivity index is 3.00. The fourth-order valence-electron chi connectivity index (χ4n) is 2.33. The average Bonchev–Trinajstić information content (AvgIpc) is 2.13. The van der Waals surface area contributed by atoms with Crippen LogP contribution < -0.4 is 5.32 Å². The average molecular weight is 226 g/mol. The number of amides is 2. The summed E-state index contributed by atoms with van der Waals surface area (Å²) in [6, 6.07) is -0.291. The van der Waals surface area contributed by atoms with Crippen molar-refractivity contribution in [3.63, 3.8) is 0 Å². The van der Waals surface area contributed by atoms with Crippen molar-refractivity contribution in [2.45, 2.75) is 65.1 Å². The van der Waals surface area contributed by atoms with E-state index in [4.69, 9.17) is 0 Å². The van der Waals surface area contributed by atoms with Crippen LogP contribution in [0, 0.1) is 0 Å². The Labute approximate surface area is 97.4 Å². The quantitative estimate of drug-likeness (QED) is 0.788. The van der Waals surface area contributed by atoms with E-state index in [9.17, 15) is 9.59 Å². The van der Waals surface area contributed by atoms with Crippen molar-refractivity contribution in [2.75, 3.05) is 0 Å².